The number of rotatable bonds is 4. The van der Waals surface area contributed by atoms with Gasteiger partial charge in [0.15, 0.2) is 0 Å². The lowest BCUT2D eigenvalue weighted by molar-refractivity contribution is 0.240. The Morgan fingerprint density at radius 1 is 1.27 bits per heavy atom. The van der Waals surface area contributed by atoms with E-state index in [2.05, 4.69) is 34.9 Å². The Balaban J connectivity index is 1.90. The van der Waals surface area contributed by atoms with Crippen LogP contribution in [0.25, 0.3) is 10.8 Å². The molecule has 3 rings (SSSR count). The average molecular weight is 298 g/mol. The molecule has 116 valence electrons. The van der Waals surface area contributed by atoms with Gasteiger partial charge in [0, 0.05) is 19.0 Å². The molecule has 1 aliphatic carbocycles. The third-order valence-electron chi connectivity index (χ3n) is 4.38. The van der Waals surface area contributed by atoms with E-state index in [4.69, 9.17) is 4.74 Å². The van der Waals surface area contributed by atoms with Crippen LogP contribution in [0.3, 0.4) is 0 Å². The minimum Gasteiger partial charge on any atom is -0.497 e. The number of methoxy groups -OCH3 is 1. The van der Waals surface area contributed by atoms with E-state index in [1.54, 1.807) is 7.11 Å². The summed E-state index contributed by atoms with van der Waals surface area (Å²) in [5.41, 5.74) is 2.76. The normalized spacial score (nSPS) is 16.4. The number of fused-ring (bicyclic) bond motifs is 3. The van der Waals surface area contributed by atoms with Gasteiger partial charge in [-0.15, -0.1) is 0 Å². The van der Waals surface area contributed by atoms with Crippen molar-refractivity contribution in [2.75, 3.05) is 20.2 Å². The first-order chi connectivity index (χ1) is 10.7. The van der Waals surface area contributed by atoms with E-state index in [1.807, 2.05) is 13.0 Å². The van der Waals surface area contributed by atoms with E-state index >= 15 is 0 Å². The SMILES string of the molecule is CCNC(=O)NCC1CCc2ccc3ccc(OC)cc3c21. The Kier molecular flexibility index (Phi) is 4.18. The number of aryl methyl sites for hydroxylation is 1. The summed E-state index contributed by atoms with van der Waals surface area (Å²) in [4.78, 5) is 11.6. The van der Waals surface area contributed by atoms with E-state index in [9.17, 15) is 4.79 Å². The van der Waals surface area contributed by atoms with E-state index in [1.165, 1.54) is 21.9 Å². The number of ether oxygens (including phenoxy) is 1. The Bertz CT molecular complexity index is 697. The van der Waals surface area contributed by atoms with Crippen LogP contribution in [0.15, 0.2) is 30.3 Å². The fourth-order valence-corrected chi connectivity index (χ4v) is 3.31. The summed E-state index contributed by atoms with van der Waals surface area (Å²) in [7, 11) is 1.69. The van der Waals surface area contributed by atoms with Gasteiger partial charge in [0.1, 0.15) is 5.75 Å². The summed E-state index contributed by atoms with van der Waals surface area (Å²) in [6.45, 7) is 3.24. The summed E-state index contributed by atoms with van der Waals surface area (Å²) < 4.78 is 5.37. The second kappa shape index (κ2) is 6.26. The molecule has 4 heteroatoms. The first-order valence-electron chi connectivity index (χ1n) is 7.84. The molecule has 2 amide bonds. The van der Waals surface area contributed by atoms with Gasteiger partial charge in [-0.2, -0.15) is 0 Å². The Labute approximate surface area is 130 Å². The van der Waals surface area contributed by atoms with Crippen molar-refractivity contribution < 1.29 is 9.53 Å². The molecule has 0 heterocycles. The molecular weight excluding hydrogens is 276 g/mol. The fraction of sp³-hybridized carbons (Fsp3) is 0.389. The molecule has 1 atom stereocenters. The Morgan fingerprint density at radius 2 is 2.09 bits per heavy atom. The highest BCUT2D eigenvalue weighted by atomic mass is 16.5. The van der Waals surface area contributed by atoms with Crippen molar-refractivity contribution >= 4 is 16.8 Å². The number of hydrogen-bond acceptors (Lipinski definition) is 2. The molecule has 0 fully saturated rings. The lowest BCUT2D eigenvalue weighted by Crippen LogP contribution is -2.37. The van der Waals surface area contributed by atoms with Crippen molar-refractivity contribution in [3.8, 4) is 5.75 Å². The van der Waals surface area contributed by atoms with Crippen LogP contribution in [-0.4, -0.2) is 26.2 Å². The summed E-state index contributed by atoms with van der Waals surface area (Å²) in [6.07, 6.45) is 2.16. The lowest BCUT2D eigenvalue weighted by atomic mass is 9.94. The monoisotopic (exact) mass is 298 g/mol. The molecular formula is C18H22N2O2. The summed E-state index contributed by atoms with van der Waals surface area (Å²) in [6, 6.07) is 10.5. The fourth-order valence-electron chi connectivity index (χ4n) is 3.31. The van der Waals surface area contributed by atoms with Crippen LogP contribution in [0, 0.1) is 0 Å². The maximum atomic E-state index is 11.6. The summed E-state index contributed by atoms with van der Waals surface area (Å²) >= 11 is 0. The number of urea groups is 1. The van der Waals surface area contributed by atoms with Gasteiger partial charge in [0.2, 0.25) is 0 Å². The molecule has 1 unspecified atom stereocenters. The molecule has 4 nitrogen and oxygen atoms in total. The molecule has 0 saturated heterocycles. The lowest BCUT2D eigenvalue weighted by Gasteiger charge is -2.16. The molecule has 2 N–H and O–H groups in total. The topological polar surface area (TPSA) is 50.4 Å². The minimum atomic E-state index is -0.0891. The van der Waals surface area contributed by atoms with Crippen LogP contribution in [0.2, 0.25) is 0 Å². The van der Waals surface area contributed by atoms with Gasteiger partial charge < -0.3 is 15.4 Å². The maximum Gasteiger partial charge on any atom is 0.314 e. The molecule has 0 aliphatic heterocycles. The average Bonchev–Trinajstić information content (AvgIpc) is 2.96. The molecule has 0 saturated carbocycles. The van der Waals surface area contributed by atoms with Crippen LogP contribution >= 0.6 is 0 Å². The van der Waals surface area contributed by atoms with Gasteiger partial charge in [0.25, 0.3) is 0 Å². The number of carbonyl (C=O) groups is 1. The number of benzene rings is 2. The number of nitrogens with one attached hydrogen (secondary N) is 2. The van der Waals surface area contributed by atoms with Gasteiger partial charge >= 0.3 is 6.03 Å². The molecule has 1 aliphatic rings. The third kappa shape index (κ3) is 2.73. The van der Waals surface area contributed by atoms with E-state index in [0.717, 1.165) is 18.6 Å². The number of amides is 2. The minimum absolute atomic E-state index is 0.0891. The molecule has 0 bridgehead atoms. The van der Waals surface area contributed by atoms with Crippen molar-refractivity contribution in [2.45, 2.75) is 25.7 Å². The van der Waals surface area contributed by atoms with Crippen LogP contribution in [0.5, 0.6) is 5.75 Å². The van der Waals surface area contributed by atoms with Crippen LogP contribution in [-0.2, 0) is 6.42 Å². The van der Waals surface area contributed by atoms with E-state index < -0.39 is 0 Å². The van der Waals surface area contributed by atoms with Crippen LogP contribution < -0.4 is 15.4 Å². The largest absolute Gasteiger partial charge is 0.497 e. The standard InChI is InChI=1S/C18H22N2O2/c1-3-19-18(21)20-11-14-7-6-13-5-4-12-8-9-15(22-2)10-16(12)17(13)14/h4-5,8-10,14H,3,6-7,11H2,1-2H3,(H2,19,20,21). The zero-order valence-corrected chi connectivity index (χ0v) is 13.1. The highest BCUT2D eigenvalue weighted by Crippen LogP contribution is 2.39. The molecule has 0 aromatic heterocycles. The van der Waals surface area contributed by atoms with Gasteiger partial charge in [0.05, 0.1) is 7.11 Å². The van der Waals surface area contributed by atoms with Crippen molar-refractivity contribution in [1.82, 2.24) is 10.6 Å². The summed E-state index contributed by atoms with van der Waals surface area (Å²) in [5, 5.41) is 8.23. The highest BCUT2D eigenvalue weighted by Gasteiger charge is 2.25. The third-order valence-corrected chi connectivity index (χ3v) is 4.38. The van der Waals surface area contributed by atoms with E-state index in [-0.39, 0.29) is 6.03 Å². The second-order valence-corrected chi connectivity index (χ2v) is 5.70. The van der Waals surface area contributed by atoms with Crippen molar-refractivity contribution in [2.24, 2.45) is 0 Å². The predicted molar refractivity (Wildman–Crippen MR) is 88.6 cm³/mol. The quantitative estimate of drug-likeness (QED) is 0.910. The van der Waals surface area contributed by atoms with Crippen LogP contribution in [0.1, 0.15) is 30.4 Å². The van der Waals surface area contributed by atoms with Gasteiger partial charge in [-0.3, -0.25) is 0 Å². The van der Waals surface area contributed by atoms with Crippen molar-refractivity contribution in [3.63, 3.8) is 0 Å². The molecule has 0 spiro atoms. The molecule has 2 aromatic carbocycles. The van der Waals surface area contributed by atoms with Gasteiger partial charge in [-0.05, 0) is 53.8 Å². The molecule has 22 heavy (non-hydrogen) atoms. The van der Waals surface area contributed by atoms with Gasteiger partial charge in [-0.25, -0.2) is 4.79 Å². The number of carbonyl (C=O) groups excluding carboxylic acids is 1. The molecule has 2 aromatic rings. The zero-order valence-electron chi connectivity index (χ0n) is 13.1. The van der Waals surface area contributed by atoms with Crippen molar-refractivity contribution in [3.05, 3.63) is 41.5 Å². The summed E-state index contributed by atoms with van der Waals surface area (Å²) in [5.74, 6) is 1.25. The maximum absolute atomic E-state index is 11.6. The highest BCUT2D eigenvalue weighted by molar-refractivity contribution is 5.89. The Hall–Kier alpha value is -2.23. The predicted octanol–water partition coefficient (Wildman–Crippen LogP) is 3.20. The first-order valence-corrected chi connectivity index (χ1v) is 7.84. The Morgan fingerprint density at radius 3 is 2.86 bits per heavy atom. The first kappa shape index (κ1) is 14.7. The van der Waals surface area contributed by atoms with Crippen LogP contribution in [0.4, 0.5) is 4.79 Å². The van der Waals surface area contributed by atoms with Gasteiger partial charge in [-0.1, -0.05) is 18.2 Å². The molecule has 0 radical (unpaired) electrons. The number of hydrogen-bond donors (Lipinski definition) is 2. The van der Waals surface area contributed by atoms with Crippen molar-refractivity contribution in [1.29, 1.82) is 0 Å². The smallest absolute Gasteiger partial charge is 0.314 e. The zero-order chi connectivity index (χ0) is 15.5. The van der Waals surface area contributed by atoms with E-state index in [0.29, 0.717) is 19.0 Å². The second-order valence-electron chi connectivity index (χ2n) is 5.70.